The van der Waals surface area contributed by atoms with Gasteiger partial charge in [-0.15, -0.1) is 11.8 Å². The van der Waals surface area contributed by atoms with Gasteiger partial charge in [-0.05, 0) is 27.9 Å². The molecule has 0 aliphatic heterocycles. The average molecular weight is 260 g/mol. The molecule has 0 aliphatic carbocycles. The van der Waals surface area contributed by atoms with Gasteiger partial charge in [-0.2, -0.15) is 0 Å². The van der Waals surface area contributed by atoms with E-state index >= 15 is 0 Å². The lowest BCUT2D eigenvalue weighted by Gasteiger charge is -2.08. The van der Waals surface area contributed by atoms with Crippen molar-refractivity contribution in [2.45, 2.75) is 25.2 Å². The van der Waals surface area contributed by atoms with Crippen LogP contribution in [0.4, 0.5) is 0 Å². The van der Waals surface area contributed by atoms with Crippen molar-refractivity contribution in [3.05, 3.63) is 22.9 Å². The molecule has 0 aliphatic rings. The van der Waals surface area contributed by atoms with Crippen LogP contribution in [-0.2, 0) is 0 Å². The van der Waals surface area contributed by atoms with Crippen molar-refractivity contribution in [1.29, 1.82) is 0 Å². The quantitative estimate of drug-likeness (QED) is 0.759. The number of rotatable bonds is 4. The summed E-state index contributed by atoms with van der Waals surface area (Å²) >= 11 is 5.38. The van der Waals surface area contributed by atoms with E-state index in [4.69, 9.17) is 0 Å². The Labute approximate surface area is 92.5 Å². The van der Waals surface area contributed by atoms with Crippen molar-refractivity contribution in [3.8, 4) is 0 Å². The summed E-state index contributed by atoms with van der Waals surface area (Å²) in [5.74, 6) is 1.96. The Morgan fingerprint density at radius 1 is 1.62 bits per heavy atom. The third-order valence-corrected chi connectivity index (χ3v) is 4.25. The molecular weight excluding hydrogens is 246 g/mol. The standard InChI is InChI=1S/C10H14BrNS/c1-3-8(2)7-13-10-4-5-12-6-9(10)11/h4-6,8H,3,7H2,1-2H3. The highest BCUT2D eigenvalue weighted by molar-refractivity contribution is 9.10. The molecule has 0 bridgehead atoms. The lowest BCUT2D eigenvalue weighted by atomic mass is 10.2. The molecule has 0 N–H and O–H groups in total. The molecule has 1 nitrogen and oxygen atoms in total. The number of hydrogen-bond donors (Lipinski definition) is 0. The third kappa shape index (κ3) is 3.69. The third-order valence-electron chi connectivity index (χ3n) is 1.96. The number of hydrogen-bond acceptors (Lipinski definition) is 2. The monoisotopic (exact) mass is 259 g/mol. The van der Waals surface area contributed by atoms with Crippen molar-refractivity contribution >= 4 is 27.7 Å². The van der Waals surface area contributed by atoms with E-state index in [9.17, 15) is 0 Å². The van der Waals surface area contributed by atoms with Gasteiger partial charge in [-0.25, -0.2) is 0 Å². The van der Waals surface area contributed by atoms with E-state index < -0.39 is 0 Å². The molecule has 13 heavy (non-hydrogen) atoms. The maximum absolute atomic E-state index is 4.03. The van der Waals surface area contributed by atoms with E-state index in [0.29, 0.717) is 0 Å². The highest BCUT2D eigenvalue weighted by atomic mass is 79.9. The first-order valence-corrected chi connectivity index (χ1v) is 6.24. The zero-order valence-electron chi connectivity index (χ0n) is 7.96. The minimum absolute atomic E-state index is 0.782. The molecule has 1 rings (SSSR count). The van der Waals surface area contributed by atoms with E-state index in [0.717, 1.165) is 10.4 Å². The summed E-state index contributed by atoms with van der Waals surface area (Å²) in [5, 5.41) is 0. The number of nitrogens with zero attached hydrogens (tertiary/aromatic N) is 1. The number of aromatic nitrogens is 1. The van der Waals surface area contributed by atoms with Gasteiger partial charge < -0.3 is 0 Å². The second-order valence-corrected chi connectivity index (χ2v) is 5.05. The van der Waals surface area contributed by atoms with Crippen LogP contribution in [0.1, 0.15) is 20.3 Å². The molecular formula is C10H14BrNS. The van der Waals surface area contributed by atoms with Gasteiger partial charge >= 0.3 is 0 Å². The first kappa shape index (κ1) is 11.1. The van der Waals surface area contributed by atoms with Crippen molar-refractivity contribution in [3.63, 3.8) is 0 Å². The van der Waals surface area contributed by atoms with Crippen LogP contribution in [0.25, 0.3) is 0 Å². The van der Waals surface area contributed by atoms with Crippen molar-refractivity contribution in [2.75, 3.05) is 5.75 Å². The Hall–Kier alpha value is -0.0200. The molecule has 0 saturated heterocycles. The summed E-state index contributed by atoms with van der Waals surface area (Å²) in [4.78, 5) is 5.32. The van der Waals surface area contributed by atoms with E-state index in [2.05, 4.69) is 40.8 Å². The molecule has 0 aromatic carbocycles. The van der Waals surface area contributed by atoms with Crippen molar-refractivity contribution < 1.29 is 0 Å². The van der Waals surface area contributed by atoms with Crippen LogP contribution in [0.15, 0.2) is 27.8 Å². The zero-order chi connectivity index (χ0) is 9.68. The van der Waals surface area contributed by atoms with Crippen molar-refractivity contribution in [1.82, 2.24) is 4.98 Å². The van der Waals surface area contributed by atoms with Crippen molar-refractivity contribution in [2.24, 2.45) is 5.92 Å². The van der Waals surface area contributed by atoms with Crippen LogP contribution in [0.5, 0.6) is 0 Å². The molecule has 0 saturated carbocycles. The largest absolute Gasteiger partial charge is 0.263 e. The van der Waals surface area contributed by atoms with Crippen LogP contribution in [0.2, 0.25) is 0 Å². The molecule has 0 radical (unpaired) electrons. The Morgan fingerprint density at radius 3 is 3.00 bits per heavy atom. The van der Waals surface area contributed by atoms with Gasteiger partial charge in [0, 0.05) is 27.5 Å². The van der Waals surface area contributed by atoms with Crippen LogP contribution < -0.4 is 0 Å². The van der Waals surface area contributed by atoms with E-state index in [1.54, 1.807) is 0 Å². The Kier molecular flexibility index (Phi) is 4.81. The Balaban J connectivity index is 2.50. The molecule has 72 valence electrons. The summed E-state index contributed by atoms with van der Waals surface area (Å²) in [6.45, 7) is 4.51. The first-order valence-electron chi connectivity index (χ1n) is 4.46. The van der Waals surface area contributed by atoms with Crippen LogP contribution in [0.3, 0.4) is 0 Å². The van der Waals surface area contributed by atoms with E-state index in [1.165, 1.54) is 17.1 Å². The SMILES string of the molecule is CCC(C)CSc1ccncc1Br. The Morgan fingerprint density at radius 2 is 2.38 bits per heavy atom. The van der Waals surface area contributed by atoms with Gasteiger partial charge in [-0.3, -0.25) is 4.98 Å². The topological polar surface area (TPSA) is 12.9 Å². The van der Waals surface area contributed by atoms with Gasteiger partial charge in [0.2, 0.25) is 0 Å². The number of pyridine rings is 1. The van der Waals surface area contributed by atoms with E-state index in [1.807, 2.05) is 24.2 Å². The maximum atomic E-state index is 4.03. The molecule has 1 aromatic heterocycles. The minimum atomic E-state index is 0.782. The molecule has 1 heterocycles. The summed E-state index contributed by atoms with van der Waals surface area (Å²) < 4.78 is 1.10. The van der Waals surface area contributed by atoms with E-state index in [-0.39, 0.29) is 0 Å². The average Bonchev–Trinajstić information content (AvgIpc) is 2.16. The van der Waals surface area contributed by atoms with Gasteiger partial charge in [-0.1, -0.05) is 20.3 Å². The lowest BCUT2D eigenvalue weighted by Crippen LogP contribution is -1.95. The zero-order valence-corrected chi connectivity index (χ0v) is 10.4. The maximum Gasteiger partial charge on any atom is 0.0494 e. The fraction of sp³-hybridized carbons (Fsp3) is 0.500. The van der Waals surface area contributed by atoms with Gasteiger partial charge in [0.1, 0.15) is 0 Å². The second kappa shape index (κ2) is 5.66. The normalized spacial score (nSPS) is 12.8. The fourth-order valence-electron chi connectivity index (χ4n) is 0.829. The van der Waals surface area contributed by atoms with Crippen LogP contribution in [0, 0.1) is 5.92 Å². The highest BCUT2D eigenvalue weighted by Crippen LogP contribution is 2.28. The van der Waals surface area contributed by atoms with Gasteiger partial charge in [0.15, 0.2) is 0 Å². The summed E-state index contributed by atoms with van der Waals surface area (Å²) in [7, 11) is 0. The predicted molar refractivity (Wildman–Crippen MR) is 62.1 cm³/mol. The minimum Gasteiger partial charge on any atom is -0.263 e. The summed E-state index contributed by atoms with van der Waals surface area (Å²) in [6.07, 6.45) is 4.93. The fourth-order valence-corrected chi connectivity index (χ4v) is 2.47. The molecule has 0 spiro atoms. The molecule has 0 amide bonds. The Bertz CT molecular complexity index is 265. The number of thioether (sulfide) groups is 1. The molecule has 1 atom stereocenters. The predicted octanol–water partition coefficient (Wildman–Crippen LogP) is 3.98. The van der Waals surface area contributed by atoms with Crippen LogP contribution >= 0.6 is 27.7 Å². The first-order chi connectivity index (χ1) is 6.24. The number of halogens is 1. The van der Waals surface area contributed by atoms with Gasteiger partial charge in [0.25, 0.3) is 0 Å². The molecule has 1 unspecified atom stereocenters. The van der Waals surface area contributed by atoms with Gasteiger partial charge in [0.05, 0.1) is 0 Å². The summed E-state index contributed by atoms with van der Waals surface area (Å²) in [6, 6.07) is 2.05. The lowest BCUT2D eigenvalue weighted by molar-refractivity contribution is 0.637. The summed E-state index contributed by atoms with van der Waals surface area (Å²) in [5.41, 5.74) is 0. The highest BCUT2D eigenvalue weighted by Gasteiger charge is 2.03. The van der Waals surface area contributed by atoms with Crippen LogP contribution in [-0.4, -0.2) is 10.7 Å². The molecule has 0 fully saturated rings. The smallest absolute Gasteiger partial charge is 0.0494 e. The molecule has 3 heteroatoms. The molecule has 1 aromatic rings. The second-order valence-electron chi connectivity index (χ2n) is 3.13.